The number of phenolic OH excluding ortho intramolecular Hbond substituents is 1. The van der Waals surface area contributed by atoms with Crippen molar-refractivity contribution in [1.82, 2.24) is 0 Å². The van der Waals surface area contributed by atoms with Crippen molar-refractivity contribution in [2.24, 2.45) is 0 Å². The predicted octanol–water partition coefficient (Wildman–Crippen LogP) is 2.77. The van der Waals surface area contributed by atoms with E-state index in [1.54, 1.807) is 18.2 Å². The highest BCUT2D eigenvalue weighted by atomic mass is 16.5. The third kappa shape index (κ3) is 5.13. The van der Waals surface area contributed by atoms with Gasteiger partial charge < -0.3 is 25.2 Å². The molecule has 0 spiro atoms. The summed E-state index contributed by atoms with van der Waals surface area (Å²) in [7, 11) is 0. The van der Waals surface area contributed by atoms with Gasteiger partial charge in [-0.3, -0.25) is 9.59 Å². The number of aromatic hydroxyl groups is 1. The van der Waals surface area contributed by atoms with Gasteiger partial charge in [0.1, 0.15) is 5.75 Å². The van der Waals surface area contributed by atoms with Crippen LogP contribution in [0.5, 0.6) is 17.2 Å². The van der Waals surface area contributed by atoms with Gasteiger partial charge in [0.05, 0.1) is 13.2 Å². The fourth-order valence-corrected chi connectivity index (χ4v) is 2.05. The summed E-state index contributed by atoms with van der Waals surface area (Å²) in [4.78, 5) is 24.0. The molecule has 0 unspecified atom stereocenters. The summed E-state index contributed by atoms with van der Waals surface area (Å²) < 4.78 is 10.9. The summed E-state index contributed by atoms with van der Waals surface area (Å²) >= 11 is 0. The largest absolute Gasteiger partial charge is 0.508 e. The Morgan fingerprint density at radius 3 is 1.96 bits per heavy atom. The zero-order valence-corrected chi connectivity index (χ0v) is 14.0. The second-order valence-electron chi connectivity index (χ2n) is 4.98. The molecule has 0 bridgehead atoms. The van der Waals surface area contributed by atoms with Crippen LogP contribution >= 0.6 is 0 Å². The van der Waals surface area contributed by atoms with Crippen LogP contribution in [-0.2, 0) is 9.59 Å². The molecule has 0 heterocycles. The fourth-order valence-electron chi connectivity index (χ4n) is 2.05. The predicted molar refractivity (Wildman–Crippen MR) is 94.1 cm³/mol. The summed E-state index contributed by atoms with van der Waals surface area (Å²) in [6.45, 7) is 4.63. The lowest BCUT2D eigenvalue weighted by Gasteiger charge is -2.13. The van der Waals surface area contributed by atoms with E-state index in [1.165, 1.54) is 24.3 Å². The van der Waals surface area contributed by atoms with Gasteiger partial charge in [-0.2, -0.15) is 0 Å². The highest BCUT2D eigenvalue weighted by Gasteiger charge is 2.15. The molecule has 2 amide bonds. The van der Waals surface area contributed by atoms with Gasteiger partial charge in [0, 0.05) is 17.4 Å². The van der Waals surface area contributed by atoms with Gasteiger partial charge in [0.15, 0.2) is 11.5 Å². The van der Waals surface area contributed by atoms with Gasteiger partial charge in [0.25, 0.3) is 0 Å². The number of rotatable bonds is 6. The molecule has 0 aromatic heterocycles. The maximum atomic E-state index is 12.0. The van der Waals surface area contributed by atoms with Crippen molar-refractivity contribution < 1.29 is 24.2 Å². The summed E-state index contributed by atoms with van der Waals surface area (Å²) in [6.07, 6.45) is 0. The van der Waals surface area contributed by atoms with E-state index in [-0.39, 0.29) is 5.75 Å². The van der Waals surface area contributed by atoms with Crippen molar-refractivity contribution in [2.45, 2.75) is 13.8 Å². The van der Waals surface area contributed by atoms with Gasteiger partial charge in [-0.05, 0) is 50.2 Å². The number of hydrogen-bond donors (Lipinski definition) is 3. The van der Waals surface area contributed by atoms with E-state index < -0.39 is 11.8 Å². The molecule has 0 aliphatic carbocycles. The van der Waals surface area contributed by atoms with Crippen molar-refractivity contribution in [3.05, 3.63) is 42.5 Å². The van der Waals surface area contributed by atoms with Gasteiger partial charge >= 0.3 is 11.8 Å². The SMILES string of the molecule is CCOc1ccc(NC(=O)C(=O)Nc2ccc(O)cc2)cc1OCC. The standard InChI is InChI=1S/C18H20N2O5/c1-3-24-15-10-7-13(11-16(15)25-4-2)20-18(23)17(22)19-12-5-8-14(21)9-6-12/h5-11,21H,3-4H2,1-2H3,(H,19,22)(H,20,23). The molecular formula is C18H20N2O5. The van der Waals surface area contributed by atoms with Gasteiger partial charge in [0.2, 0.25) is 0 Å². The second-order valence-corrected chi connectivity index (χ2v) is 4.98. The lowest BCUT2D eigenvalue weighted by molar-refractivity contribution is -0.132. The Hall–Kier alpha value is -3.22. The zero-order chi connectivity index (χ0) is 18.2. The highest BCUT2D eigenvalue weighted by molar-refractivity contribution is 6.43. The van der Waals surface area contributed by atoms with Crippen LogP contribution in [0.25, 0.3) is 0 Å². The summed E-state index contributed by atoms with van der Waals surface area (Å²) in [5, 5.41) is 14.2. The van der Waals surface area contributed by atoms with Crippen molar-refractivity contribution >= 4 is 23.2 Å². The van der Waals surface area contributed by atoms with Crippen LogP contribution in [0.2, 0.25) is 0 Å². The van der Waals surface area contributed by atoms with E-state index in [0.717, 1.165) is 0 Å². The second kappa shape index (κ2) is 8.58. The number of anilines is 2. The van der Waals surface area contributed by atoms with Crippen LogP contribution in [0, 0.1) is 0 Å². The van der Waals surface area contributed by atoms with Crippen molar-refractivity contribution in [2.75, 3.05) is 23.8 Å². The molecular weight excluding hydrogens is 324 g/mol. The molecule has 0 aliphatic rings. The summed E-state index contributed by atoms with van der Waals surface area (Å²) in [6, 6.07) is 10.7. The first-order valence-corrected chi connectivity index (χ1v) is 7.84. The Kier molecular flexibility index (Phi) is 6.22. The first kappa shape index (κ1) is 18.1. The minimum absolute atomic E-state index is 0.0697. The number of benzene rings is 2. The quantitative estimate of drug-likeness (QED) is 0.553. The number of hydrogen-bond acceptors (Lipinski definition) is 5. The van der Waals surface area contributed by atoms with Crippen LogP contribution in [0.3, 0.4) is 0 Å². The van der Waals surface area contributed by atoms with E-state index in [9.17, 15) is 14.7 Å². The van der Waals surface area contributed by atoms with E-state index in [0.29, 0.717) is 36.1 Å². The monoisotopic (exact) mass is 344 g/mol. The van der Waals surface area contributed by atoms with Crippen molar-refractivity contribution in [1.29, 1.82) is 0 Å². The minimum atomic E-state index is -0.822. The smallest absolute Gasteiger partial charge is 0.314 e. The third-order valence-corrected chi connectivity index (χ3v) is 3.13. The minimum Gasteiger partial charge on any atom is -0.508 e. The van der Waals surface area contributed by atoms with E-state index in [2.05, 4.69) is 10.6 Å². The fraction of sp³-hybridized carbons (Fsp3) is 0.222. The van der Waals surface area contributed by atoms with Gasteiger partial charge in [-0.15, -0.1) is 0 Å². The van der Waals surface area contributed by atoms with Crippen LogP contribution < -0.4 is 20.1 Å². The molecule has 0 atom stereocenters. The van der Waals surface area contributed by atoms with Crippen LogP contribution in [0.1, 0.15) is 13.8 Å². The topological polar surface area (TPSA) is 96.9 Å². The first-order valence-electron chi connectivity index (χ1n) is 7.84. The molecule has 0 aliphatic heterocycles. The van der Waals surface area contributed by atoms with Gasteiger partial charge in [-0.25, -0.2) is 0 Å². The Balaban J connectivity index is 2.04. The molecule has 132 valence electrons. The summed E-state index contributed by atoms with van der Waals surface area (Å²) in [5.74, 6) is -0.519. The Labute approximate surface area is 145 Å². The number of carbonyl (C=O) groups excluding carboxylic acids is 2. The molecule has 0 saturated heterocycles. The lowest BCUT2D eigenvalue weighted by atomic mass is 10.2. The molecule has 2 aromatic carbocycles. The molecule has 0 saturated carbocycles. The zero-order valence-electron chi connectivity index (χ0n) is 14.0. The van der Waals surface area contributed by atoms with Crippen molar-refractivity contribution in [3.8, 4) is 17.2 Å². The number of nitrogens with one attached hydrogen (secondary N) is 2. The molecule has 7 nitrogen and oxygen atoms in total. The molecule has 0 radical (unpaired) electrons. The average molecular weight is 344 g/mol. The Bertz CT molecular complexity index is 744. The van der Waals surface area contributed by atoms with Gasteiger partial charge in [-0.1, -0.05) is 0 Å². The third-order valence-electron chi connectivity index (χ3n) is 3.13. The number of ether oxygens (including phenoxy) is 2. The van der Waals surface area contributed by atoms with E-state index >= 15 is 0 Å². The average Bonchev–Trinajstić information content (AvgIpc) is 2.59. The van der Waals surface area contributed by atoms with Crippen molar-refractivity contribution in [3.63, 3.8) is 0 Å². The molecule has 25 heavy (non-hydrogen) atoms. The molecule has 7 heteroatoms. The highest BCUT2D eigenvalue weighted by Crippen LogP contribution is 2.30. The van der Waals surface area contributed by atoms with E-state index in [1.807, 2.05) is 13.8 Å². The van der Waals surface area contributed by atoms with Crippen LogP contribution in [-0.4, -0.2) is 30.1 Å². The summed E-state index contributed by atoms with van der Waals surface area (Å²) in [5.41, 5.74) is 0.817. The number of carbonyl (C=O) groups is 2. The maximum absolute atomic E-state index is 12.0. The Morgan fingerprint density at radius 2 is 1.36 bits per heavy atom. The number of phenols is 1. The molecule has 2 rings (SSSR count). The molecule has 0 fully saturated rings. The normalized spacial score (nSPS) is 10.0. The van der Waals surface area contributed by atoms with Crippen LogP contribution in [0.15, 0.2) is 42.5 Å². The Morgan fingerprint density at radius 1 is 0.840 bits per heavy atom. The molecule has 3 N–H and O–H groups in total. The maximum Gasteiger partial charge on any atom is 0.314 e. The number of amides is 2. The lowest BCUT2D eigenvalue weighted by Crippen LogP contribution is -2.29. The van der Waals surface area contributed by atoms with E-state index in [4.69, 9.17) is 9.47 Å². The first-order chi connectivity index (χ1) is 12.0. The molecule has 2 aromatic rings. The van der Waals surface area contributed by atoms with Crippen LogP contribution in [0.4, 0.5) is 11.4 Å².